The Balaban J connectivity index is 2.53. The lowest BCUT2D eigenvalue weighted by molar-refractivity contribution is 0.341. The number of hydrogen-bond acceptors (Lipinski definition) is 3. The second-order valence-corrected chi connectivity index (χ2v) is 4.43. The minimum Gasteiger partial charge on any atom is -0.504 e. The molecule has 2 rings (SSSR count). The number of rotatable bonds is 3. The monoisotopic (exact) mass is 272 g/mol. The van der Waals surface area contributed by atoms with Crippen molar-refractivity contribution >= 4 is 34.7 Å². The van der Waals surface area contributed by atoms with E-state index in [-0.39, 0.29) is 11.4 Å². The van der Waals surface area contributed by atoms with Crippen LogP contribution in [0.15, 0.2) is 42.7 Å². The van der Waals surface area contributed by atoms with Crippen LogP contribution in [0.3, 0.4) is 0 Å². The Morgan fingerprint density at radius 2 is 2.05 bits per heavy atom. The molecule has 4 heteroatoms. The van der Waals surface area contributed by atoms with Crippen molar-refractivity contribution in [1.82, 2.24) is 0 Å². The maximum atomic E-state index is 7.98. The summed E-state index contributed by atoms with van der Waals surface area (Å²) in [5.74, 6) is 0. The Labute approximate surface area is 116 Å². The smallest absolute Gasteiger partial charge is 0.0867 e. The van der Waals surface area contributed by atoms with Crippen LogP contribution in [0.25, 0.3) is 11.6 Å². The summed E-state index contributed by atoms with van der Waals surface area (Å²) in [5.41, 5.74) is 2.83. The highest BCUT2D eigenvalue weighted by molar-refractivity contribution is 6.60. The zero-order valence-electron chi connectivity index (χ0n) is 10.4. The molecule has 3 nitrogen and oxygen atoms in total. The summed E-state index contributed by atoms with van der Waals surface area (Å²) in [6, 6.07) is 5.43. The first-order valence-electron chi connectivity index (χ1n) is 5.69. The molecule has 0 atom stereocenters. The van der Waals surface area contributed by atoms with Crippen LogP contribution in [0.2, 0.25) is 5.02 Å². The Hall–Kier alpha value is -2.13. The van der Waals surface area contributed by atoms with Crippen molar-refractivity contribution in [3.63, 3.8) is 0 Å². The summed E-state index contributed by atoms with van der Waals surface area (Å²) in [6.45, 7) is 0. The Morgan fingerprint density at radius 3 is 2.79 bits per heavy atom. The molecule has 1 aliphatic rings. The van der Waals surface area contributed by atoms with Crippen molar-refractivity contribution in [1.29, 1.82) is 10.8 Å². The van der Waals surface area contributed by atoms with E-state index < -0.39 is 0 Å². The van der Waals surface area contributed by atoms with Gasteiger partial charge in [0.1, 0.15) is 0 Å². The van der Waals surface area contributed by atoms with E-state index >= 15 is 0 Å². The minimum atomic E-state index is 0.203. The zero-order valence-corrected chi connectivity index (χ0v) is 11.2. The fourth-order valence-electron chi connectivity index (χ4n) is 1.83. The van der Waals surface area contributed by atoms with E-state index in [2.05, 4.69) is 0 Å². The number of methoxy groups -OCH3 is 1. The van der Waals surface area contributed by atoms with E-state index in [0.29, 0.717) is 10.6 Å². The van der Waals surface area contributed by atoms with Crippen LogP contribution in [0.1, 0.15) is 11.1 Å². The molecule has 0 aliphatic heterocycles. The minimum absolute atomic E-state index is 0.203. The van der Waals surface area contributed by atoms with Crippen molar-refractivity contribution in [2.24, 2.45) is 0 Å². The van der Waals surface area contributed by atoms with E-state index in [1.54, 1.807) is 37.7 Å². The molecule has 96 valence electrons. The number of hydrogen-bond donors (Lipinski definition) is 2. The van der Waals surface area contributed by atoms with Crippen molar-refractivity contribution < 1.29 is 4.74 Å². The summed E-state index contributed by atoms with van der Waals surface area (Å²) >= 11 is 6.00. The van der Waals surface area contributed by atoms with Gasteiger partial charge < -0.3 is 4.74 Å². The molecule has 19 heavy (non-hydrogen) atoms. The van der Waals surface area contributed by atoms with Crippen molar-refractivity contribution in [2.45, 2.75) is 0 Å². The third kappa shape index (κ3) is 2.83. The van der Waals surface area contributed by atoms with Crippen LogP contribution in [-0.4, -0.2) is 18.5 Å². The molecule has 0 aromatic heterocycles. The second-order valence-electron chi connectivity index (χ2n) is 4.00. The SMILES string of the molecule is CO/C=C\c1cc(Cl)ccc1C1=CC=CC(=N)C1=N. The first kappa shape index (κ1) is 13.3. The molecule has 1 aliphatic carbocycles. The summed E-state index contributed by atoms with van der Waals surface area (Å²) in [6.07, 6.45) is 8.55. The van der Waals surface area contributed by atoms with Crippen molar-refractivity contribution in [3.8, 4) is 0 Å². The van der Waals surface area contributed by atoms with Gasteiger partial charge in [0.25, 0.3) is 0 Å². The first-order chi connectivity index (χ1) is 9.13. The number of nitrogens with one attached hydrogen (secondary N) is 2. The lowest BCUT2D eigenvalue weighted by Gasteiger charge is -2.14. The number of allylic oxidation sites excluding steroid dienone is 4. The van der Waals surface area contributed by atoms with Gasteiger partial charge in [-0.3, -0.25) is 10.8 Å². The lowest BCUT2D eigenvalue weighted by Crippen LogP contribution is -2.14. The van der Waals surface area contributed by atoms with Gasteiger partial charge >= 0.3 is 0 Å². The molecule has 1 aromatic carbocycles. The first-order valence-corrected chi connectivity index (χ1v) is 6.06. The quantitative estimate of drug-likeness (QED) is 0.635. The molecule has 0 bridgehead atoms. The predicted octanol–water partition coefficient (Wildman–Crippen LogP) is 3.95. The van der Waals surface area contributed by atoms with Crippen LogP contribution < -0.4 is 0 Å². The van der Waals surface area contributed by atoms with Gasteiger partial charge in [-0.05, 0) is 35.4 Å². The third-order valence-electron chi connectivity index (χ3n) is 2.75. The largest absolute Gasteiger partial charge is 0.504 e. The standard InChI is InChI=1S/C15H13ClN2O/c1-19-8-7-10-9-11(16)5-6-12(10)13-3-2-4-14(17)15(13)18/h2-9,17-18H,1H3/b8-7-,17-14?,18-15?. The molecule has 0 saturated heterocycles. The highest BCUT2D eigenvalue weighted by Gasteiger charge is 2.16. The predicted molar refractivity (Wildman–Crippen MR) is 80.1 cm³/mol. The lowest BCUT2D eigenvalue weighted by atomic mass is 9.91. The molecule has 1 aromatic rings. The number of benzene rings is 1. The Bertz CT molecular complexity index is 627. The molecule has 0 unspecified atom stereocenters. The maximum Gasteiger partial charge on any atom is 0.0867 e. The molecule has 2 N–H and O–H groups in total. The average molecular weight is 273 g/mol. The van der Waals surface area contributed by atoms with Gasteiger partial charge in [-0.1, -0.05) is 29.8 Å². The number of ether oxygens (including phenoxy) is 1. The second kappa shape index (κ2) is 5.67. The van der Waals surface area contributed by atoms with Crippen LogP contribution in [-0.2, 0) is 4.74 Å². The van der Waals surface area contributed by atoms with E-state index in [1.165, 1.54) is 0 Å². The van der Waals surface area contributed by atoms with Gasteiger partial charge in [-0.15, -0.1) is 0 Å². The topological polar surface area (TPSA) is 56.9 Å². The van der Waals surface area contributed by atoms with Gasteiger partial charge in [-0.25, -0.2) is 0 Å². The van der Waals surface area contributed by atoms with E-state index in [0.717, 1.165) is 11.1 Å². The van der Waals surface area contributed by atoms with E-state index in [9.17, 15) is 0 Å². The molecular formula is C15H13ClN2O. The third-order valence-corrected chi connectivity index (χ3v) is 2.99. The van der Waals surface area contributed by atoms with Crippen LogP contribution in [0.4, 0.5) is 0 Å². The van der Waals surface area contributed by atoms with Gasteiger partial charge in [0.05, 0.1) is 24.8 Å². The molecule has 0 spiro atoms. The Kier molecular flexibility index (Phi) is 3.97. The normalized spacial score (nSPS) is 14.9. The number of halogens is 1. The Morgan fingerprint density at radius 1 is 1.26 bits per heavy atom. The summed E-state index contributed by atoms with van der Waals surface area (Å²) in [4.78, 5) is 0. The molecule has 0 heterocycles. The average Bonchev–Trinajstić information content (AvgIpc) is 2.40. The fraction of sp³-hybridized carbons (Fsp3) is 0.0667. The summed E-state index contributed by atoms with van der Waals surface area (Å²) < 4.78 is 4.92. The van der Waals surface area contributed by atoms with Crippen LogP contribution >= 0.6 is 11.6 Å². The molecule has 0 fully saturated rings. The summed E-state index contributed by atoms with van der Waals surface area (Å²) in [5, 5.41) is 16.3. The van der Waals surface area contributed by atoms with Gasteiger partial charge in [0.2, 0.25) is 0 Å². The maximum absolute atomic E-state index is 7.98. The van der Waals surface area contributed by atoms with Gasteiger partial charge in [-0.2, -0.15) is 0 Å². The van der Waals surface area contributed by atoms with Crippen molar-refractivity contribution in [2.75, 3.05) is 7.11 Å². The molecule has 0 saturated carbocycles. The van der Waals surface area contributed by atoms with Crippen molar-refractivity contribution in [3.05, 3.63) is 58.8 Å². The molecular weight excluding hydrogens is 260 g/mol. The highest BCUT2D eigenvalue weighted by atomic mass is 35.5. The molecule has 0 amide bonds. The highest BCUT2D eigenvalue weighted by Crippen LogP contribution is 2.27. The van der Waals surface area contributed by atoms with E-state index in [1.807, 2.05) is 18.2 Å². The fourth-order valence-corrected chi connectivity index (χ4v) is 2.02. The van der Waals surface area contributed by atoms with Crippen LogP contribution in [0, 0.1) is 10.8 Å². The molecule has 0 radical (unpaired) electrons. The van der Waals surface area contributed by atoms with Gasteiger partial charge in [0, 0.05) is 10.6 Å². The van der Waals surface area contributed by atoms with E-state index in [4.69, 9.17) is 27.2 Å². The summed E-state index contributed by atoms with van der Waals surface area (Å²) in [7, 11) is 1.57. The van der Waals surface area contributed by atoms with Crippen LogP contribution in [0.5, 0.6) is 0 Å². The van der Waals surface area contributed by atoms with Gasteiger partial charge in [0.15, 0.2) is 0 Å². The zero-order chi connectivity index (χ0) is 13.8.